The number of hydrogen-bond acceptors (Lipinski definition) is 7. The van der Waals surface area contributed by atoms with Crippen LogP contribution in [-0.2, 0) is 9.47 Å². The van der Waals surface area contributed by atoms with Crippen molar-refractivity contribution in [3.63, 3.8) is 0 Å². The molecule has 1 aliphatic heterocycles. The second-order valence-electron chi connectivity index (χ2n) is 5.11. The Labute approximate surface area is 133 Å². The van der Waals surface area contributed by atoms with E-state index in [0.29, 0.717) is 5.58 Å². The highest BCUT2D eigenvalue weighted by atomic mass is 16.7. The summed E-state index contributed by atoms with van der Waals surface area (Å²) in [5, 5.41) is 4.12. The summed E-state index contributed by atoms with van der Waals surface area (Å²) in [6.07, 6.45) is -1.03. The number of nitrogens with zero attached hydrogens (tertiary/aromatic N) is 1. The van der Waals surface area contributed by atoms with Crippen LogP contribution in [0.5, 0.6) is 0 Å². The first-order valence-electron chi connectivity index (χ1n) is 7.56. The Kier molecular flexibility index (Phi) is 4.47. The molecule has 0 aliphatic carbocycles. The molecule has 1 aromatic carbocycles. The highest BCUT2D eigenvalue weighted by Gasteiger charge is 2.21. The van der Waals surface area contributed by atoms with E-state index in [1.807, 2.05) is 12.1 Å². The van der Waals surface area contributed by atoms with Crippen LogP contribution in [0.2, 0.25) is 0 Å². The van der Waals surface area contributed by atoms with Gasteiger partial charge in [-0.05, 0) is 19.1 Å². The number of furan rings is 1. The Morgan fingerprint density at radius 3 is 2.83 bits per heavy atom. The number of ether oxygens (including phenoxy) is 2. The Morgan fingerprint density at radius 1 is 1.30 bits per heavy atom. The van der Waals surface area contributed by atoms with Crippen LogP contribution in [0.3, 0.4) is 0 Å². The third-order valence-corrected chi connectivity index (χ3v) is 3.64. The largest absolute Gasteiger partial charge is 0.516 e. The molecule has 0 saturated carbocycles. The molecule has 2 aromatic rings. The average molecular weight is 318 g/mol. The minimum Gasteiger partial charge on any atom is -0.449 e. The molecule has 2 heterocycles. The lowest BCUT2D eigenvalue weighted by Crippen LogP contribution is -2.43. The maximum Gasteiger partial charge on any atom is 0.516 e. The lowest BCUT2D eigenvalue weighted by Gasteiger charge is -2.29. The molecule has 0 spiro atoms. The van der Waals surface area contributed by atoms with Crippen molar-refractivity contribution in [3.05, 3.63) is 30.0 Å². The van der Waals surface area contributed by atoms with E-state index >= 15 is 0 Å². The predicted octanol–water partition coefficient (Wildman–Crippen LogP) is 2.16. The molecular weight excluding hydrogens is 300 g/mol. The molecule has 0 radical (unpaired) electrons. The fourth-order valence-corrected chi connectivity index (χ4v) is 2.60. The maximum absolute atomic E-state index is 11.9. The van der Waals surface area contributed by atoms with Crippen molar-refractivity contribution < 1.29 is 23.5 Å². The van der Waals surface area contributed by atoms with Gasteiger partial charge in [-0.1, -0.05) is 6.07 Å². The van der Waals surface area contributed by atoms with Crippen LogP contribution in [0.4, 0.5) is 10.5 Å². The van der Waals surface area contributed by atoms with E-state index in [4.69, 9.17) is 4.42 Å². The van der Waals surface area contributed by atoms with Gasteiger partial charge in [0.15, 0.2) is 0 Å². The van der Waals surface area contributed by atoms with E-state index in [9.17, 15) is 9.59 Å². The van der Waals surface area contributed by atoms with E-state index in [2.05, 4.69) is 19.7 Å². The predicted molar refractivity (Wildman–Crippen MR) is 83.7 cm³/mol. The lowest BCUT2D eigenvalue weighted by atomic mass is 10.2. The molecule has 1 aromatic heterocycles. The third kappa shape index (κ3) is 3.29. The van der Waals surface area contributed by atoms with Crippen LogP contribution in [-0.4, -0.2) is 44.9 Å². The Balaban J connectivity index is 1.86. The second kappa shape index (κ2) is 6.70. The minimum absolute atomic E-state index is 0.0179. The standard InChI is InChI=1S/C16H18N2O5/c1-2-21-16(20)23-15(19)14-10-11-12(4-3-5-13(11)22-14)18-8-6-17-7-9-18/h3-5,10,17H,2,6-9H2,1H3. The maximum atomic E-state index is 11.9. The van der Waals surface area contributed by atoms with Gasteiger partial charge in [0.1, 0.15) is 5.58 Å². The molecule has 1 saturated heterocycles. The summed E-state index contributed by atoms with van der Waals surface area (Å²) in [7, 11) is 0. The van der Waals surface area contributed by atoms with Crippen molar-refractivity contribution >= 4 is 28.8 Å². The van der Waals surface area contributed by atoms with Gasteiger partial charge in [0.05, 0.1) is 6.61 Å². The van der Waals surface area contributed by atoms with Gasteiger partial charge in [-0.2, -0.15) is 0 Å². The zero-order valence-electron chi connectivity index (χ0n) is 12.8. The summed E-state index contributed by atoms with van der Waals surface area (Å²) in [6, 6.07) is 7.25. The SMILES string of the molecule is CCOC(=O)OC(=O)c1cc2c(N3CCNCC3)cccc2o1. The first kappa shape index (κ1) is 15.4. The van der Waals surface area contributed by atoms with Crippen LogP contribution in [0.25, 0.3) is 11.0 Å². The number of benzene rings is 1. The van der Waals surface area contributed by atoms with Crippen molar-refractivity contribution in [2.24, 2.45) is 0 Å². The fourth-order valence-electron chi connectivity index (χ4n) is 2.60. The molecule has 0 amide bonds. The van der Waals surface area contributed by atoms with Gasteiger partial charge in [-0.3, -0.25) is 0 Å². The van der Waals surface area contributed by atoms with Gasteiger partial charge in [0.25, 0.3) is 0 Å². The van der Waals surface area contributed by atoms with E-state index < -0.39 is 12.1 Å². The number of esters is 1. The molecular formula is C16H18N2O5. The number of carbonyl (C=O) groups excluding carboxylic acids is 2. The van der Waals surface area contributed by atoms with E-state index in [0.717, 1.165) is 37.3 Å². The molecule has 7 heteroatoms. The fraction of sp³-hybridized carbons (Fsp3) is 0.375. The summed E-state index contributed by atoms with van der Waals surface area (Å²) >= 11 is 0. The van der Waals surface area contributed by atoms with Gasteiger partial charge in [-0.15, -0.1) is 0 Å². The van der Waals surface area contributed by atoms with E-state index in [1.54, 1.807) is 19.1 Å². The molecule has 7 nitrogen and oxygen atoms in total. The van der Waals surface area contributed by atoms with Gasteiger partial charge in [-0.25, -0.2) is 9.59 Å². The Hall–Kier alpha value is -2.54. The molecule has 1 aliphatic rings. The van der Waals surface area contributed by atoms with Crippen molar-refractivity contribution in [1.29, 1.82) is 0 Å². The monoisotopic (exact) mass is 318 g/mol. The summed E-state index contributed by atoms with van der Waals surface area (Å²) in [5.74, 6) is -0.874. The molecule has 3 rings (SSSR count). The molecule has 122 valence electrons. The van der Waals surface area contributed by atoms with Crippen LogP contribution in [0.1, 0.15) is 17.5 Å². The second-order valence-corrected chi connectivity index (χ2v) is 5.11. The van der Waals surface area contributed by atoms with Crippen LogP contribution in [0, 0.1) is 0 Å². The van der Waals surface area contributed by atoms with E-state index in [-0.39, 0.29) is 12.4 Å². The number of nitrogens with one attached hydrogen (secondary N) is 1. The average Bonchev–Trinajstić information content (AvgIpc) is 3.00. The van der Waals surface area contributed by atoms with Crippen molar-refractivity contribution in [3.8, 4) is 0 Å². The number of anilines is 1. The van der Waals surface area contributed by atoms with Crippen molar-refractivity contribution in [2.75, 3.05) is 37.7 Å². The topological polar surface area (TPSA) is 81.0 Å². The number of fused-ring (bicyclic) bond motifs is 1. The highest BCUT2D eigenvalue weighted by molar-refractivity contribution is 6.00. The first-order valence-corrected chi connectivity index (χ1v) is 7.56. The smallest absolute Gasteiger partial charge is 0.449 e. The normalized spacial score (nSPS) is 14.7. The first-order chi connectivity index (χ1) is 11.2. The van der Waals surface area contributed by atoms with Gasteiger partial charge < -0.3 is 24.1 Å². The molecule has 0 atom stereocenters. The zero-order chi connectivity index (χ0) is 16.2. The molecule has 0 unspecified atom stereocenters. The number of carbonyl (C=O) groups is 2. The summed E-state index contributed by atoms with van der Waals surface area (Å²) < 4.78 is 14.7. The third-order valence-electron chi connectivity index (χ3n) is 3.64. The highest BCUT2D eigenvalue weighted by Crippen LogP contribution is 2.30. The van der Waals surface area contributed by atoms with Gasteiger partial charge >= 0.3 is 12.1 Å². The molecule has 23 heavy (non-hydrogen) atoms. The number of rotatable bonds is 3. The van der Waals surface area contributed by atoms with Crippen LogP contribution in [0.15, 0.2) is 28.7 Å². The van der Waals surface area contributed by atoms with Crippen molar-refractivity contribution in [2.45, 2.75) is 6.92 Å². The molecule has 0 bridgehead atoms. The van der Waals surface area contributed by atoms with Crippen molar-refractivity contribution in [1.82, 2.24) is 5.32 Å². The Bertz CT molecular complexity index is 718. The quantitative estimate of drug-likeness (QED) is 0.686. The van der Waals surface area contributed by atoms with E-state index in [1.165, 1.54) is 0 Å². The number of hydrogen-bond donors (Lipinski definition) is 1. The zero-order valence-corrected chi connectivity index (χ0v) is 12.8. The number of piperazine rings is 1. The molecule has 1 fully saturated rings. The van der Waals surface area contributed by atoms with Gasteiger partial charge in [0.2, 0.25) is 5.76 Å². The lowest BCUT2D eigenvalue weighted by molar-refractivity contribution is 0.0375. The minimum atomic E-state index is -1.03. The van der Waals surface area contributed by atoms with Crippen LogP contribution < -0.4 is 10.2 Å². The summed E-state index contributed by atoms with van der Waals surface area (Å²) in [6.45, 7) is 5.35. The molecule has 1 N–H and O–H groups in total. The summed E-state index contributed by atoms with van der Waals surface area (Å²) in [5.41, 5.74) is 1.58. The summed E-state index contributed by atoms with van der Waals surface area (Å²) in [4.78, 5) is 25.4. The van der Waals surface area contributed by atoms with Gasteiger partial charge in [0, 0.05) is 43.3 Å². The van der Waals surface area contributed by atoms with Crippen LogP contribution >= 0.6 is 0 Å². The Morgan fingerprint density at radius 2 is 2.09 bits per heavy atom.